The van der Waals surface area contributed by atoms with Crippen LogP contribution in [-0.2, 0) is 6.42 Å². The lowest BCUT2D eigenvalue weighted by molar-refractivity contribution is -0.384. The first-order valence-corrected chi connectivity index (χ1v) is 7.02. The lowest BCUT2D eigenvalue weighted by Gasteiger charge is -2.37. The fraction of sp³-hybridized carbons (Fsp3) is 0.500. The molecule has 6 nitrogen and oxygen atoms in total. The molecular formula is C14H17N3O3. The van der Waals surface area contributed by atoms with Crippen molar-refractivity contribution in [1.29, 1.82) is 0 Å². The van der Waals surface area contributed by atoms with E-state index in [1.54, 1.807) is 6.07 Å². The van der Waals surface area contributed by atoms with Crippen molar-refractivity contribution < 1.29 is 10.0 Å². The molecule has 20 heavy (non-hydrogen) atoms. The van der Waals surface area contributed by atoms with E-state index >= 15 is 0 Å². The third-order valence-electron chi connectivity index (χ3n) is 4.17. The van der Waals surface area contributed by atoms with Gasteiger partial charge in [-0.2, -0.15) is 4.59 Å². The molecule has 1 aromatic carbocycles. The molecule has 0 aromatic heterocycles. The van der Waals surface area contributed by atoms with Crippen molar-refractivity contribution in [2.24, 2.45) is 5.10 Å². The molecule has 6 heteroatoms. The summed E-state index contributed by atoms with van der Waals surface area (Å²) in [5, 5.41) is 27.2. The van der Waals surface area contributed by atoms with E-state index in [-0.39, 0.29) is 18.0 Å². The minimum Gasteiger partial charge on any atom is -0.858 e. The summed E-state index contributed by atoms with van der Waals surface area (Å²) in [6.45, 7) is 1.63. The summed E-state index contributed by atoms with van der Waals surface area (Å²) in [7, 11) is 0. The van der Waals surface area contributed by atoms with Crippen molar-refractivity contribution in [1.82, 2.24) is 4.59 Å². The molecular weight excluding hydrogens is 258 g/mol. The molecule has 0 unspecified atom stereocenters. The van der Waals surface area contributed by atoms with Gasteiger partial charge in [-0.05, 0) is 25.7 Å². The summed E-state index contributed by atoms with van der Waals surface area (Å²) in [4.78, 5) is 10.5. The van der Waals surface area contributed by atoms with Gasteiger partial charge in [0.25, 0.3) is 5.69 Å². The summed E-state index contributed by atoms with van der Waals surface area (Å²) < 4.78 is 0.339. The molecule has 2 aliphatic heterocycles. The van der Waals surface area contributed by atoms with Crippen LogP contribution in [0.2, 0.25) is 0 Å². The van der Waals surface area contributed by atoms with Crippen molar-refractivity contribution in [3.63, 3.8) is 0 Å². The molecule has 0 saturated carbocycles. The third-order valence-corrected chi connectivity index (χ3v) is 4.17. The normalized spacial score (nSPS) is 20.9. The molecule has 0 bridgehead atoms. The highest BCUT2D eigenvalue weighted by Crippen LogP contribution is 2.36. The number of hydrogen-bond donors (Lipinski definition) is 0. The Labute approximate surface area is 117 Å². The zero-order valence-corrected chi connectivity index (χ0v) is 11.2. The molecule has 106 valence electrons. The fourth-order valence-electron chi connectivity index (χ4n) is 3.25. The van der Waals surface area contributed by atoms with Crippen molar-refractivity contribution in [3.8, 4) is 0 Å². The first-order valence-electron chi connectivity index (χ1n) is 7.02. The standard InChI is InChI=1S/C14H17N3O3/c18-14-10-11-9-12(16(19)20)5-6-13(11)17(15-14)7-3-1-2-4-8-17/h5-6,9H,1-4,7-8,10H2. The summed E-state index contributed by atoms with van der Waals surface area (Å²) in [6, 6.07) is 4.84. The van der Waals surface area contributed by atoms with Crippen molar-refractivity contribution in [2.45, 2.75) is 32.1 Å². The Morgan fingerprint density at radius 1 is 1.15 bits per heavy atom. The highest BCUT2D eigenvalue weighted by molar-refractivity contribution is 5.80. The van der Waals surface area contributed by atoms with E-state index in [4.69, 9.17) is 0 Å². The number of nitro benzene ring substituents is 1. The third kappa shape index (κ3) is 2.16. The highest BCUT2D eigenvalue weighted by Gasteiger charge is 2.37. The second-order valence-corrected chi connectivity index (χ2v) is 5.52. The first kappa shape index (κ1) is 13.1. The topological polar surface area (TPSA) is 78.6 Å². The maximum absolute atomic E-state index is 11.9. The SMILES string of the molecule is O=[N+]([O-])c1ccc2c(c1)CC([O-])=N[N+]21CCCCCC1. The molecule has 0 amide bonds. The van der Waals surface area contributed by atoms with Gasteiger partial charge in [0.05, 0.1) is 4.92 Å². The van der Waals surface area contributed by atoms with Crippen LogP contribution in [0.3, 0.4) is 0 Å². The summed E-state index contributed by atoms with van der Waals surface area (Å²) in [5.74, 6) is -0.167. The van der Waals surface area contributed by atoms with E-state index in [9.17, 15) is 15.2 Å². The van der Waals surface area contributed by atoms with E-state index in [1.807, 2.05) is 0 Å². The molecule has 0 radical (unpaired) electrons. The van der Waals surface area contributed by atoms with Crippen LogP contribution in [-0.4, -0.2) is 23.9 Å². The maximum Gasteiger partial charge on any atom is 0.270 e. The van der Waals surface area contributed by atoms with Crippen LogP contribution in [0, 0.1) is 10.1 Å². The maximum atomic E-state index is 11.9. The van der Waals surface area contributed by atoms with Crippen LogP contribution in [0.4, 0.5) is 11.4 Å². The van der Waals surface area contributed by atoms with Crippen LogP contribution in [0.25, 0.3) is 0 Å². The number of non-ortho nitro benzene ring substituents is 1. The molecule has 1 aromatic rings. The van der Waals surface area contributed by atoms with Crippen LogP contribution in [0.1, 0.15) is 31.2 Å². The first-order chi connectivity index (χ1) is 9.61. The Balaban J connectivity index is 2.09. The predicted molar refractivity (Wildman–Crippen MR) is 74.2 cm³/mol. The van der Waals surface area contributed by atoms with Gasteiger partial charge in [-0.3, -0.25) is 10.1 Å². The van der Waals surface area contributed by atoms with E-state index in [0.717, 1.165) is 50.0 Å². The second kappa shape index (κ2) is 4.86. The number of quaternary nitrogens is 1. The summed E-state index contributed by atoms with van der Waals surface area (Å²) in [5.41, 5.74) is 1.78. The molecule has 1 spiro atoms. The number of hydrogen-bond acceptors (Lipinski definition) is 4. The zero-order valence-electron chi connectivity index (χ0n) is 11.2. The molecule has 0 N–H and O–H groups in total. The predicted octanol–water partition coefficient (Wildman–Crippen LogP) is 1.71. The van der Waals surface area contributed by atoms with Gasteiger partial charge in [-0.1, -0.05) is 5.10 Å². The van der Waals surface area contributed by atoms with Crippen LogP contribution < -0.4 is 9.70 Å². The Hall–Kier alpha value is -1.95. The fourth-order valence-corrected chi connectivity index (χ4v) is 3.25. The monoisotopic (exact) mass is 275 g/mol. The van der Waals surface area contributed by atoms with Crippen LogP contribution >= 0.6 is 0 Å². The molecule has 1 fully saturated rings. The van der Waals surface area contributed by atoms with Gasteiger partial charge in [0.1, 0.15) is 13.1 Å². The summed E-state index contributed by atoms with van der Waals surface area (Å²) in [6.07, 6.45) is 4.56. The van der Waals surface area contributed by atoms with Gasteiger partial charge in [-0.25, -0.2) is 0 Å². The van der Waals surface area contributed by atoms with E-state index in [2.05, 4.69) is 5.10 Å². The Morgan fingerprint density at radius 2 is 1.85 bits per heavy atom. The number of benzene rings is 1. The zero-order chi connectivity index (χ0) is 14.2. The Morgan fingerprint density at radius 3 is 2.50 bits per heavy atom. The molecule has 3 rings (SSSR count). The molecule has 0 aliphatic carbocycles. The van der Waals surface area contributed by atoms with Crippen LogP contribution in [0.5, 0.6) is 0 Å². The van der Waals surface area contributed by atoms with Crippen molar-refractivity contribution in [3.05, 3.63) is 33.9 Å². The number of nitrogens with zero attached hydrogens (tertiary/aromatic N) is 3. The molecule has 0 atom stereocenters. The number of rotatable bonds is 1. The lowest BCUT2D eigenvalue weighted by Crippen LogP contribution is -2.50. The van der Waals surface area contributed by atoms with Gasteiger partial charge in [0, 0.05) is 36.1 Å². The molecule has 2 heterocycles. The smallest absolute Gasteiger partial charge is 0.270 e. The van der Waals surface area contributed by atoms with E-state index in [1.165, 1.54) is 12.1 Å². The van der Waals surface area contributed by atoms with Gasteiger partial charge in [0.2, 0.25) is 0 Å². The Bertz CT molecular complexity index is 575. The van der Waals surface area contributed by atoms with Gasteiger partial charge < -0.3 is 5.11 Å². The molecule has 1 saturated heterocycles. The average molecular weight is 275 g/mol. The van der Waals surface area contributed by atoms with E-state index < -0.39 is 4.92 Å². The molecule has 2 aliphatic rings. The van der Waals surface area contributed by atoms with Crippen molar-refractivity contribution in [2.75, 3.05) is 13.1 Å². The van der Waals surface area contributed by atoms with Crippen LogP contribution in [0.15, 0.2) is 23.3 Å². The highest BCUT2D eigenvalue weighted by atomic mass is 16.6. The number of fused-ring (bicyclic) bond motifs is 2. The lowest BCUT2D eigenvalue weighted by atomic mass is 10.0. The van der Waals surface area contributed by atoms with Gasteiger partial charge in [-0.15, -0.1) is 0 Å². The Kier molecular flexibility index (Phi) is 3.17. The van der Waals surface area contributed by atoms with Crippen molar-refractivity contribution >= 4 is 17.3 Å². The van der Waals surface area contributed by atoms with Gasteiger partial charge in [0.15, 0.2) is 5.69 Å². The number of nitro groups is 1. The quantitative estimate of drug-likeness (QED) is 0.444. The largest absolute Gasteiger partial charge is 0.858 e. The average Bonchev–Trinajstić information content (AvgIpc) is 2.64. The van der Waals surface area contributed by atoms with Gasteiger partial charge >= 0.3 is 0 Å². The summed E-state index contributed by atoms with van der Waals surface area (Å²) >= 11 is 0. The minimum atomic E-state index is -0.413. The second-order valence-electron chi connectivity index (χ2n) is 5.52. The van der Waals surface area contributed by atoms with E-state index in [0.29, 0.717) is 4.59 Å². The minimum absolute atomic E-state index is 0.0476.